The number of allylic oxidation sites excluding steroid dienone is 6. The predicted octanol–water partition coefficient (Wildman–Crippen LogP) is 6.00. The van der Waals surface area contributed by atoms with Crippen LogP contribution in [0.2, 0.25) is 0 Å². The topological polar surface area (TPSA) is 114 Å². The Hall–Kier alpha value is -4.01. The first-order valence-corrected chi connectivity index (χ1v) is 10.5. The molecule has 0 unspecified atom stereocenters. The summed E-state index contributed by atoms with van der Waals surface area (Å²) in [6.07, 6.45) is 10.0. The van der Waals surface area contributed by atoms with Crippen LogP contribution in [0.15, 0.2) is 71.7 Å². The molecule has 0 saturated heterocycles. The van der Waals surface area contributed by atoms with E-state index in [1.54, 1.807) is 19.3 Å². The van der Waals surface area contributed by atoms with Gasteiger partial charge in [-0.05, 0) is 37.6 Å². The Balaban J connectivity index is 0.00000258. The van der Waals surface area contributed by atoms with Crippen LogP contribution in [-0.2, 0) is 0 Å². The summed E-state index contributed by atoms with van der Waals surface area (Å²) in [5, 5.41) is 5.97. The van der Waals surface area contributed by atoms with Gasteiger partial charge in [-0.15, -0.1) is 0 Å². The van der Waals surface area contributed by atoms with Gasteiger partial charge in [-0.1, -0.05) is 44.2 Å². The molecule has 1 heterocycles. The Morgan fingerprint density at radius 2 is 1.85 bits per heavy atom. The van der Waals surface area contributed by atoms with Crippen molar-refractivity contribution in [1.29, 1.82) is 0 Å². The standard InChI is InChI=1S/C22H26FN7.C2H6.CH3F/c1-5-15(7-6-14(2)3)18-13-27-22(28-17(11-24)12-26-4)30-21(18)29-20-10-16(25)8-9-19(20)23;2*1-2/h5-13H,1,24-25H2,2-4H3,(H2,27,28,29,30);1-2H3;1H3/b15-7+,17-11+,26-12?;;. The fraction of sp³-hybridized carbons (Fsp3) is 0.240. The van der Waals surface area contributed by atoms with Gasteiger partial charge in [0.25, 0.3) is 0 Å². The fourth-order valence-electron chi connectivity index (χ4n) is 2.42. The van der Waals surface area contributed by atoms with Crippen LogP contribution in [-0.4, -0.2) is 30.4 Å². The molecule has 0 radical (unpaired) electrons. The number of hydrogen-bond acceptors (Lipinski definition) is 7. The van der Waals surface area contributed by atoms with E-state index >= 15 is 0 Å². The summed E-state index contributed by atoms with van der Waals surface area (Å²) in [6.45, 7) is 11.8. The van der Waals surface area contributed by atoms with Gasteiger partial charge in [0.05, 0.1) is 18.6 Å². The van der Waals surface area contributed by atoms with Crippen molar-refractivity contribution < 1.29 is 8.78 Å². The van der Waals surface area contributed by atoms with E-state index in [1.807, 2.05) is 39.8 Å². The van der Waals surface area contributed by atoms with E-state index in [1.165, 1.54) is 30.6 Å². The summed E-state index contributed by atoms with van der Waals surface area (Å²) in [7, 11) is 2.12. The Morgan fingerprint density at radius 1 is 1.18 bits per heavy atom. The highest BCUT2D eigenvalue weighted by Gasteiger charge is 2.13. The lowest BCUT2D eigenvalue weighted by molar-refractivity contribution is 0.632. The summed E-state index contributed by atoms with van der Waals surface area (Å²) >= 11 is 0. The van der Waals surface area contributed by atoms with Crippen molar-refractivity contribution in [3.05, 3.63) is 78.1 Å². The molecule has 0 amide bonds. The van der Waals surface area contributed by atoms with E-state index in [0.29, 0.717) is 29.9 Å². The van der Waals surface area contributed by atoms with Crippen LogP contribution < -0.4 is 22.1 Å². The summed E-state index contributed by atoms with van der Waals surface area (Å²) in [6, 6.07) is 4.27. The maximum Gasteiger partial charge on any atom is 0.229 e. The maximum atomic E-state index is 14.3. The molecule has 0 spiro atoms. The molecule has 7 nitrogen and oxygen atoms in total. The van der Waals surface area contributed by atoms with Gasteiger partial charge < -0.3 is 22.1 Å². The minimum Gasteiger partial charge on any atom is -0.403 e. The van der Waals surface area contributed by atoms with Crippen LogP contribution in [0.3, 0.4) is 0 Å². The summed E-state index contributed by atoms with van der Waals surface area (Å²) < 4.78 is 23.8. The van der Waals surface area contributed by atoms with Crippen molar-refractivity contribution in [2.45, 2.75) is 27.7 Å². The quantitative estimate of drug-likeness (QED) is 0.213. The van der Waals surface area contributed by atoms with E-state index in [-0.39, 0.29) is 11.6 Å². The molecule has 9 heteroatoms. The Labute approximate surface area is 201 Å². The van der Waals surface area contributed by atoms with Crippen LogP contribution in [0.4, 0.5) is 31.9 Å². The molecule has 34 heavy (non-hydrogen) atoms. The summed E-state index contributed by atoms with van der Waals surface area (Å²) in [5.74, 6) is 0.167. The van der Waals surface area contributed by atoms with Gasteiger partial charge in [0, 0.05) is 36.9 Å². The molecule has 0 aliphatic carbocycles. The molecule has 0 fully saturated rings. The Morgan fingerprint density at radius 3 is 2.41 bits per heavy atom. The third-order valence-corrected chi connectivity index (χ3v) is 3.86. The molecular formula is C25H35F2N7. The highest BCUT2D eigenvalue weighted by molar-refractivity contribution is 5.84. The van der Waals surface area contributed by atoms with Gasteiger partial charge in [0.2, 0.25) is 5.95 Å². The molecule has 1 aromatic carbocycles. The Bertz CT molecular complexity index is 1040. The number of aliphatic imine (C=N–C) groups is 1. The lowest BCUT2D eigenvalue weighted by atomic mass is 10.1. The summed E-state index contributed by atoms with van der Waals surface area (Å²) in [4.78, 5) is 12.8. The third-order valence-electron chi connectivity index (χ3n) is 3.86. The minimum atomic E-state index is -0.461. The fourth-order valence-corrected chi connectivity index (χ4v) is 2.42. The van der Waals surface area contributed by atoms with E-state index in [0.717, 1.165) is 11.1 Å². The lowest BCUT2D eigenvalue weighted by Crippen LogP contribution is -2.09. The molecule has 0 saturated carbocycles. The maximum absolute atomic E-state index is 14.3. The largest absolute Gasteiger partial charge is 0.403 e. The van der Waals surface area contributed by atoms with E-state index in [4.69, 9.17) is 11.5 Å². The first kappa shape index (κ1) is 30.0. The van der Waals surface area contributed by atoms with Gasteiger partial charge >= 0.3 is 0 Å². The Kier molecular flexibility index (Phi) is 14.6. The number of rotatable bonds is 8. The monoisotopic (exact) mass is 471 g/mol. The number of alkyl halides is 1. The number of nitrogen functional groups attached to an aromatic ring is 1. The first-order valence-electron chi connectivity index (χ1n) is 10.5. The number of nitrogens with zero attached hydrogens (tertiary/aromatic N) is 3. The lowest BCUT2D eigenvalue weighted by Gasteiger charge is -2.14. The van der Waals surface area contributed by atoms with Crippen LogP contribution in [0.25, 0.3) is 5.57 Å². The number of nitrogens with one attached hydrogen (secondary N) is 2. The molecular weight excluding hydrogens is 436 g/mol. The van der Waals surface area contributed by atoms with Crippen molar-refractivity contribution in [2.24, 2.45) is 10.7 Å². The second-order valence-corrected chi connectivity index (χ2v) is 6.52. The normalized spacial score (nSPS) is 10.9. The molecule has 1 aromatic heterocycles. The van der Waals surface area contributed by atoms with E-state index < -0.39 is 5.82 Å². The average molecular weight is 472 g/mol. The highest BCUT2D eigenvalue weighted by atomic mass is 19.1. The van der Waals surface area contributed by atoms with Gasteiger partial charge in [-0.3, -0.25) is 9.38 Å². The van der Waals surface area contributed by atoms with Crippen molar-refractivity contribution in [3.8, 4) is 0 Å². The zero-order chi connectivity index (χ0) is 26.1. The van der Waals surface area contributed by atoms with Crippen molar-refractivity contribution in [1.82, 2.24) is 9.97 Å². The van der Waals surface area contributed by atoms with Crippen molar-refractivity contribution in [2.75, 3.05) is 30.6 Å². The van der Waals surface area contributed by atoms with Gasteiger partial charge in [0.15, 0.2) is 0 Å². The van der Waals surface area contributed by atoms with Crippen molar-refractivity contribution >= 4 is 34.9 Å². The number of anilines is 4. The van der Waals surface area contributed by atoms with Gasteiger partial charge in [0.1, 0.15) is 11.6 Å². The molecule has 0 aliphatic heterocycles. The van der Waals surface area contributed by atoms with Crippen LogP contribution >= 0.6 is 0 Å². The number of halogens is 2. The molecule has 2 aromatic rings. The molecule has 0 atom stereocenters. The summed E-state index contributed by atoms with van der Waals surface area (Å²) in [5.41, 5.74) is 15.0. The smallest absolute Gasteiger partial charge is 0.229 e. The van der Waals surface area contributed by atoms with Crippen LogP contribution in [0.5, 0.6) is 0 Å². The number of aromatic nitrogens is 2. The molecule has 0 bridgehead atoms. The van der Waals surface area contributed by atoms with Gasteiger partial charge in [-0.2, -0.15) is 4.98 Å². The third kappa shape index (κ3) is 9.64. The van der Waals surface area contributed by atoms with Crippen LogP contribution in [0.1, 0.15) is 33.3 Å². The van der Waals surface area contributed by atoms with E-state index in [9.17, 15) is 8.78 Å². The van der Waals surface area contributed by atoms with E-state index in [2.05, 4.69) is 32.2 Å². The molecule has 2 rings (SSSR count). The second-order valence-electron chi connectivity index (χ2n) is 6.52. The zero-order valence-electron chi connectivity index (χ0n) is 20.7. The zero-order valence-corrected chi connectivity index (χ0v) is 20.7. The number of nitrogens with two attached hydrogens (primary N) is 2. The SMILES string of the molecule is C=C/C(=C\C=C(C)C)c1cnc(N/C(C=NC)=C/N)nc1Nc1cc(N)ccc1F.CC.CF. The number of benzene rings is 1. The molecule has 0 aliphatic rings. The van der Waals surface area contributed by atoms with Crippen molar-refractivity contribution in [3.63, 3.8) is 0 Å². The predicted molar refractivity (Wildman–Crippen MR) is 142 cm³/mol. The molecule has 6 N–H and O–H groups in total. The number of hydrogen-bond donors (Lipinski definition) is 4. The average Bonchev–Trinajstić information content (AvgIpc) is 2.85. The minimum absolute atomic E-state index is 0.191. The van der Waals surface area contributed by atoms with Crippen LogP contribution in [0, 0.1) is 5.82 Å². The second kappa shape index (κ2) is 16.6. The highest BCUT2D eigenvalue weighted by Crippen LogP contribution is 2.29. The molecule has 184 valence electrons. The first-order chi connectivity index (χ1) is 16.4. The van der Waals surface area contributed by atoms with Gasteiger partial charge in [-0.25, -0.2) is 9.37 Å².